The first-order valence-corrected chi connectivity index (χ1v) is 5.66. The van der Waals surface area contributed by atoms with Gasteiger partial charge in [0.25, 0.3) is 5.91 Å². The van der Waals surface area contributed by atoms with Gasteiger partial charge in [-0.05, 0) is 19.1 Å². The molecule has 0 radical (unpaired) electrons. The second-order valence-corrected chi connectivity index (χ2v) is 4.33. The van der Waals surface area contributed by atoms with E-state index in [2.05, 4.69) is 0 Å². The average Bonchev–Trinajstić information content (AvgIpc) is 2.36. The van der Waals surface area contributed by atoms with Gasteiger partial charge in [-0.25, -0.2) is 0 Å². The van der Waals surface area contributed by atoms with E-state index in [-0.39, 0.29) is 23.5 Å². The monoisotopic (exact) mass is 252 g/mol. The Morgan fingerprint density at radius 2 is 2.12 bits per heavy atom. The third-order valence-corrected chi connectivity index (χ3v) is 2.88. The predicted octanol–water partition coefficient (Wildman–Crippen LogP) is 0.774. The normalized spacial score (nSPS) is 11.9. The molecule has 0 saturated carbocycles. The number of carbonyl (C=O) groups is 1. The number of aliphatic hydroxyl groups is 1. The van der Waals surface area contributed by atoms with Crippen molar-refractivity contribution in [3.05, 3.63) is 35.4 Å². The van der Waals surface area contributed by atoms with Crippen molar-refractivity contribution >= 4 is 23.1 Å². The molecule has 0 heterocycles. The molecule has 0 fully saturated rings. The van der Waals surface area contributed by atoms with E-state index in [4.69, 9.17) is 23.1 Å². The Bertz CT molecular complexity index is 434. The Hall–Kier alpha value is -1.46. The van der Waals surface area contributed by atoms with Crippen LogP contribution in [0.25, 0.3) is 0 Å². The molecule has 0 spiro atoms. The molecule has 0 aromatic heterocycles. The Balaban J connectivity index is 2.96. The average molecular weight is 252 g/mol. The summed E-state index contributed by atoms with van der Waals surface area (Å²) in [4.78, 5) is 13.8. The van der Waals surface area contributed by atoms with E-state index >= 15 is 0 Å². The first-order valence-electron chi connectivity index (χ1n) is 5.25. The number of rotatable bonds is 4. The van der Waals surface area contributed by atoms with Crippen molar-refractivity contribution < 1.29 is 9.90 Å². The van der Waals surface area contributed by atoms with Gasteiger partial charge in [0.15, 0.2) is 0 Å². The molecule has 3 N–H and O–H groups in total. The first-order chi connectivity index (χ1) is 7.97. The van der Waals surface area contributed by atoms with Crippen LogP contribution in [-0.2, 0) is 0 Å². The zero-order valence-electron chi connectivity index (χ0n) is 9.88. The summed E-state index contributed by atoms with van der Waals surface area (Å²) in [6, 6.07) is 6.62. The topological polar surface area (TPSA) is 66.6 Å². The van der Waals surface area contributed by atoms with Crippen molar-refractivity contribution in [2.24, 2.45) is 5.73 Å². The maximum absolute atomic E-state index is 12.1. The highest BCUT2D eigenvalue weighted by atomic mass is 32.1. The minimum absolute atomic E-state index is 0.0722. The highest BCUT2D eigenvalue weighted by Gasteiger charge is 2.17. The fourth-order valence-corrected chi connectivity index (χ4v) is 1.46. The van der Waals surface area contributed by atoms with Crippen molar-refractivity contribution in [2.75, 3.05) is 13.7 Å². The predicted molar refractivity (Wildman–Crippen MR) is 71.0 cm³/mol. The number of likely N-dealkylation sites (N-methyl/N-ethyl adjacent to an activating group) is 1. The lowest BCUT2D eigenvalue weighted by Crippen LogP contribution is -2.37. The zero-order valence-corrected chi connectivity index (χ0v) is 10.7. The SMILES string of the molecule is CC(CO)N(C)C(=O)c1cccc(C(N)=S)c1. The second kappa shape index (κ2) is 5.75. The molecule has 0 saturated heterocycles. The van der Waals surface area contributed by atoms with Crippen LogP contribution in [0.1, 0.15) is 22.8 Å². The van der Waals surface area contributed by atoms with Gasteiger partial charge in [0.2, 0.25) is 0 Å². The van der Waals surface area contributed by atoms with Gasteiger partial charge in [-0.1, -0.05) is 24.4 Å². The third-order valence-electron chi connectivity index (χ3n) is 2.64. The van der Waals surface area contributed by atoms with Crippen LogP contribution < -0.4 is 5.73 Å². The third kappa shape index (κ3) is 3.25. The molecule has 1 rings (SSSR count). The summed E-state index contributed by atoms with van der Waals surface area (Å²) in [5, 5.41) is 9.01. The van der Waals surface area contributed by atoms with Crippen LogP contribution in [-0.4, -0.2) is 40.6 Å². The van der Waals surface area contributed by atoms with Gasteiger partial charge >= 0.3 is 0 Å². The van der Waals surface area contributed by atoms with Gasteiger partial charge in [-0.2, -0.15) is 0 Å². The second-order valence-electron chi connectivity index (χ2n) is 3.89. The number of nitrogens with zero attached hydrogens (tertiary/aromatic N) is 1. The number of benzene rings is 1. The number of carbonyl (C=O) groups excluding carboxylic acids is 1. The highest BCUT2D eigenvalue weighted by Crippen LogP contribution is 2.09. The van der Waals surface area contributed by atoms with E-state index in [0.717, 1.165) is 0 Å². The Morgan fingerprint density at radius 3 is 2.65 bits per heavy atom. The van der Waals surface area contributed by atoms with Crippen LogP contribution in [0.15, 0.2) is 24.3 Å². The van der Waals surface area contributed by atoms with Crippen molar-refractivity contribution in [1.82, 2.24) is 4.90 Å². The van der Waals surface area contributed by atoms with Crippen molar-refractivity contribution in [3.8, 4) is 0 Å². The Labute approximate surface area is 106 Å². The van der Waals surface area contributed by atoms with Gasteiger partial charge in [0.1, 0.15) is 4.99 Å². The maximum Gasteiger partial charge on any atom is 0.253 e. The van der Waals surface area contributed by atoms with Gasteiger partial charge in [0, 0.05) is 18.2 Å². The van der Waals surface area contributed by atoms with Gasteiger partial charge in [-0.15, -0.1) is 0 Å². The summed E-state index contributed by atoms with van der Waals surface area (Å²) in [5.74, 6) is -0.162. The first kappa shape index (κ1) is 13.6. The molecule has 0 aliphatic carbocycles. The van der Waals surface area contributed by atoms with Crippen molar-refractivity contribution in [2.45, 2.75) is 13.0 Å². The fourth-order valence-electron chi connectivity index (χ4n) is 1.33. The summed E-state index contributed by atoms with van der Waals surface area (Å²) < 4.78 is 0. The van der Waals surface area contributed by atoms with Crippen molar-refractivity contribution in [1.29, 1.82) is 0 Å². The van der Waals surface area contributed by atoms with E-state index in [1.54, 1.807) is 38.2 Å². The quantitative estimate of drug-likeness (QED) is 0.777. The van der Waals surface area contributed by atoms with E-state index < -0.39 is 0 Å². The molecule has 5 heteroatoms. The molecule has 17 heavy (non-hydrogen) atoms. The number of aliphatic hydroxyl groups excluding tert-OH is 1. The number of amides is 1. The molecule has 0 bridgehead atoms. The van der Waals surface area contributed by atoms with E-state index in [9.17, 15) is 4.79 Å². The minimum Gasteiger partial charge on any atom is -0.394 e. The van der Waals surface area contributed by atoms with Crippen LogP contribution in [0.2, 0.25) is 0 Å². The Morgan fingerprint density at radius 1 is 1.53 bits per heavy atom. The minimum atomic E-state index is -0.226. The van der Waals surface area contributed by atoms with E-state index in [0.29, 0.717) is 11.1 Å². The molecule has 0 aliphatic rings. The Kier molecular flexibility index (Phi) is 4.60. The fraction of sp³-hybridized carbons (Fsp3) is 0.333. The lowest BCUT2D eigenvalue weighted by Gasteiger charge is -2.23. The molecule has 1 unspecified atom stereocenters. The molecule has 1 aromatic rings. The molecule has 4 nitrogen and oxygen atoms in total. The molecular formula is C12H16N2O2S. The van der Waals surface area contributed by atoms with Crippen LogP contribution >= 0.6 is 12.2 Å². The number of nitrogens with two attached hydrogens (primary N) is 1. The van der Waals surface area contributed by atoms with E-state index in [1.165, 1.54) is 4.90 Å². The summed E-state index contributed by atoms with van der Waals surface area (Å²) in [6.45, 7) is 1.70. The molecule has 1 aromatic carbocycles. The van der Waals surface area contributed by atoms with Gasteiger partial charge in [0.05, 0.1) is 12.6 Å². The smallest absolute Gasteiger partial charge is 0.253 e. The molecule has 92 valence electrons. The molecule has 0 aliphatic heterocycles. The zero-order chi connectivity index (χ0) is 13.0. The summed E-state index contributed by atoms with van der Waals surface area (Å²) in [7, 11) is 1.65. The maximum atomic E-state index is 12.1. The summed E-state index contributed by atoms with van der Waals surface area (Å²) >= 11 is 4.86. The van der Waals surface area contributed by atoms with Crippen LogP contribution in [0, 0.1) is 0 Å². The molecular weight excluding hydrogens is 236 g/mol. The van der Waals surface area contributed by atoms with Gasteiger partial charge < -0.3 is 15.7 Å². The van der Waals surface area contributed by atoms with Crippen molar-refractivity contribution in [3.63, 3.8) is 0 Å². The standard InChI is InChI=1S/C12H16N2O2S/c1-8(7-15)14(2)12(16)10-5-3-4-9(6-10)11(13)17/h3-6,8,15H,7H2,1-2H3,(H2,13,17). The van der Waals surface area contributed by atoms with Crippen LogP contribution in [0.4, 0.5) is 0 Å². The number of thiocarbonyl (C=S) groups is 1. The highest BCUT2D eigenvalue weighted by molar-refractivity contribution is 7.80. The van der Waals surface area contributed by atoms with Crippen LogP contribution in [0.3, 0.4) is 0 Å². The summed E-state index contributed by atoms with van der Waals surface area (Å²) in [5.41, 5.74) is 6.69. The lowest BCUT2D eigenvalue weighted by atomic mass is 10.1. The number of hydrogen-bond acceptors (Lipinski definition) is 3. The summed E-state index contributed by atoms with van der Waals surface area (Å²) in [6.07, 6.45) is 0. The van der Waals surface area contributed by atoms with Crippen LogP contribution in [0.5, 0.6) is 0 Å². The lowest BCUT2D eigenvalue weighted by molar-refractivity contribution is 0.0682. The molecule has 1 atom stereocenters. The number of hydrogen-bond donors (Lipinski definition) is 2. The van der Waals surface area contributed by atoms with Gasteiger partial charge in [-0.3, -0.25) is 4.79 Å². The largest absolute Gasteiger partial charge is 0.394 e. The molecule has 1 amide bonds. The van der Waals surface area contributed by atoms with E-state index in [1.807, 2.05) is 0 Å².